The Morgan fingerprint density at radius 1 is 1.40 bits per heavy atom. The minimum Gasteiger partial charge on any atom is -0.542 e. The Balaban J connectivity index is 0.000000331. The average Bonchev–Trinajstić information content (AvgIpc) is 3.00. The van der Waals surface area contributed by atoms with E-state index < -0.39 is 0 Å². The monoisotopic (exact) mass is 355 g/mol. The molecule has 87 valence electrons. The van der Waals surface area contributed by atoms with Gasteiger partial charge in [0.15, 0.2) is 0 Å². The second-order valence-corrected chi connectivity index (χ2v) is 3.68. The number of hydrogen-bond donors (Lipinski definition) is 0. The van der Waals surface area contributed by atoms with E-state index in [-0.39, 0.29) is 37.7 Å². The van der Waals surface area contributed by atoms with Crippen LogP contribution in [0.25, 0.3) is 0 Å². The van der Waals surface area contributed by atoms with Crippen LogP contribution in [-0.4, -0.2) is 11.3 Å². The van der Waals surface area contributed by atoms with Crippen LogP contribution in [0.3, 0.4) is 0 Å². The minimum absolute atomic E-state index is 0. The van der Waals surface area contributed by atoms with Crippen LogP contribution < -0.4 is 0 Å². The molecule has 2 rings (SSSR count). The van der Waals surface area contributed by atoms with E-state index in [1.54, 1.807) is 12.4 Å². The van der Waals surface area contributed by atoms with Gasteiger partial charge in [-0.05, 0) is 23.6 Å². The van der Waals surface area contributed by atoms with E-state index in [0.29, 0.717) is 6.42 Å². The molecule has 15 heavy (non-hydrogen) atoms. The van der Waals surface area contributed by atoms with Gasteiger partial charge >= 0.3 is 0 Å². The third kappa shape index (κ3) is 9.03. The van der Waals surface area contributed by atoms with Crippen molar-refractivity contribution in [3.05, 3.63) is 30.1 Å². The summed E-state index contributed by atoms with van der Waals surface area (Å²) in [5.74, 6) is 1.08. The quantitative estimate of drug-likeness (QED) is 0.616. The summed E-state index contributed by atoms with van der Waals surface area (Å²) in [4.78, 5) is 13.7. The van der Waals surface area contributed by atoms with Gasteiger partial charge in [-0.1, -0.05) is 26.2 Å². The van der Waals surface area contributed by atoms with Crippen LogP contribution in [0.2, 0.25) is 0 Å². The fourth-order valence-corrected chi connectivity index (χ4v) is 0.911. The van der Waals surface area contributed by atoms with Gasteiger partial charge in [0.1, 0.15) is 0 Å². The Morgan fingerprint density at radius 3 is 2.33 bits per heavy atom. The molecule has 0 aromatic carbocycles. The zero-order valence-corrected chi connectivity index (χ0v) is 10.8. The molecule has 1 aliphatic rings. The summed E-state index contributed by atoms with van der Waals surface area (Å²) in [6.07, 6.45) is 9.51. The van der Waals surface area contributed by atoms with Crippen LogP contribution in [0.1, 0.15) is 31.7 Å². The summed E-state index contributed by atoms with van der Waals surface area (Å²) in [7, 11) is 0. The minimum atomic E-state index is 0. The molecule has 1 aromatic rings. The molecule has 0 amide bonds. The van der Waals surface area contributed by atoms with Crippen molar-refractivity contribution in [2.75, 3.05) is 0 Å². The van der Waals surface area contributed by atoms with Crippen molar-refractivity contribution in [3.8, 4) is 0 Å². The molecule has 2 nitrogen and oxygen atoms in total. The number of aryl methyl sites for hydroxylation is 1. The first-order valence-corrected chi connectivity index (χ1v) is 5.07. The average molecular weight is 355 g/mol. The van der Waals surface area contributed by atoms with Gasteiger partial charge in [0.2, 0.25) is 0 Å². The van der Waals surface area contributed by atoms with Crippen molar-refractivity contribution in [3.63, 3.8) is 0 Å². The molecule has 0 atom stereocenters. The number of aromatic nitrogens is 1. The Kier molecular flexibility index (Phi) is 9.37. The molecular weight excluding hydrogens is 339 g/mol. The molecule has 0 spiro atoms. The maximum Gasteiger partial charge on any atom is 0.0270 e. The first-order chi connectivity index (χ1) is 6.83. The normalized spacial score (nSPS) is 13.1. The zero-order valence-electron chi connectivity index (χ0n) is 8.87. The summed E-state index contributed by atoms with van der Waals surface area (Å²) in [5, 5.41) is 0. The third-order valence-electron chi connectivity index (χ3n) is 2.13. The van der Waals surface area contributed by atoms with Gasteiger partial charge in [-0.3, -0.25) is 11.3 Å². The van der Waals surface area contributed by atoms with E-state index in [4.69, 9.17) is 0 Å². The van der Waals surface area contributed by atoms with Gasteiger partial charge in [0, 0.05) is 50.1 Å². The Morgan fingerprint density at radius 2 is 1.93 bits per heavy atom. The van der Waals surface area contributed by atoms with E-state index >= 15 is 0 Å². The molecule has 0 N–H and O–H groups in total. The van der Waals surface area contributed by atoms with Gasteiger partial charge < -0.3 is 4.79 Å². The summed E-state index contributed by atoms with van der Waals surface area (Å²) < 4.78 is 0. The molecule has 3 heteroatoms. The van der Waals surface area contributed by atoms with Crippen LogP contribution in [0.5, 0.6) is 0 Å². The van der Waals surface area contributed by atoms with Crippen molar-refractivity contribution in [1.29, 1.82) is 0 Å². The first-order valence-electron chi connectivity index (χ1n) is 5.07. The van der Waals surface area contributed by atoms with Gasteiger partial charge in [-0.15, -0.1) is 6.42 Å². The van der Waals surface area contributed by atoms with Gasteiger partial charge in [0.25, 0.3) is 0 Å². The summed E-state index contributed by atoms with van der Waals surface area (Å²) in [5.41, 5.74) is 1.14. The van der Waals surface area contributed by atoms with Crippen molar-refractivity contribution < 1.29 is 42.5 Å². The number of hydrogen-bond acceptors (Lipinski definition) is 2. The smallest absolute Gasteiger partial charge is 0.0270 e. The fraction of sp³-hybridized carbons (Fsp3) is 0.500. The zero-order chi connectivity index (χ0) is 10.2. The van der Waals surface area contributed by atoms with Crippen LogP contribution >= 0.6 is 0 Å². The largest absolute Gasteiger partial charge is 0.542 e. The van der Waals surface area contributed by atoms with E-state index in [9.17, 15) is 4.79 Å². The predicted molar refractivity (Wildman–Crippen MR) is 56.6 cm³/mol. The van der Waals surface area contributed by atoms with Crippen LogP contribution in [0.15, 0.2) is 24.5 Å². The topological polar surface area (TPSA) is 30.0 Å². The maximum atomic E-state index is 9.84. The van der Waals surface area contributed by atoms with E-state index in [2.05, 4.69) is 11.9 Å². The summed E-state index contributed by atoms with van der Waals surface area (Å²) in [6.45, 7) is 2.28. The number of pyridine rings is 1. The summed E-state index contributed by atoms with van der Waals surface area (Å²) in [6, 6.07) is 3.80. The van der Waals surface area contributed by atoms with Crippen LogP contribution in [-0.2, 0) is 11.2 Å². The molecular formula is C12H16HoNO-. The van der Waals surface area contributed by atoms with Crippen molar-refractivity contribution in [1.82, 2.24) is 4.98 Å². The Bertz CT molecular complexity index is 260. The second-order valence-electron chi connectivity index (χ2n) is 3.68. The van der Waals surface area contributed by atoms with E-state index in [1.165, 1.54) is 12.8 Å². The fourth-order valence-electron chi connectivity index (χ4n) is 0.911. The second kappa shape index (κ2) is 9.32. The summed E-state index contributed by atoms with van der Waals surface area (Å²) >= 11 is 0. The van der Waals surface area contributed by atoms with Crippen molar-refractivity contribution in [2.24, 2.45) is 5.92 Å². The first kappa shape index (κ1) is 15.1. The van der Waals surface area contributed by atoms with Crippen molar-refractivity contribution in [2.45, 2.75) is 32.6 Å². The van der Waals surface area contributed by atoms with Crippen LogP contribution in [0, 0.1) is 43.7 Å². The molecule has 1 saturated carbocycles. The molecule has 1 heterocycles. The van der Waals surface area contributed by atoms with Gasteiger partial charge in [-0.2, -0.15) is 0 Å². The van der Waals surface area contributed by atoms with E-state index in [0.717, 1.165) is 17.9 Å². The molecule has 0 aliphatic heterocycles. The molecule has 0 saturated heterocycles. The SMILES string of the molecule is CC1CC1.O=[C-]CCc1ccncc1.[Ho]. The molecule has 1 aromatic heterocycles. The number of rotatable bonds is 3. The third-order valence-corrected chi connectivity index (χ3v) is 2.13. The number of carbonyl (C=O) groups excluding carboxylic acids is 1. The molecule has 0 unspecified atom stereocenters. The molecule has 1 aliphatic carbocycles. The van der Waals surface area contributed by atoms with Gasteiger partial charge in [0.05, 0.1) is 0 Å². The Labute approximate surface area is 121 Å². The van der Waals surface area contributed by atoms with Crippen LogP contribution in [0.4, 0.5) is 0 Å². The maximum absolute atomic E-state index is 9.84. The molecule has 1 fully saturated rings. The number of nitrogens with zero attached hydrogens (tertiary/aromatic N) is 1. The molecule has 0 bridgehead atoms. The standard InChI is InChI=1S/C8H8NO.C4H8.Ho/c10-7-1-2-8-3-5-9-6-4-8;1-4-2-3-4;/h3-6H,1-2H2;4H,2-3H2,1H3;/q-1;;. The predicted octanol–water partition coefficient (Wildman–Crippen LogP) is 2.54. The molecule has 1 radical (unpaired) electrons. The van der Waals surface area contributed by atoms with Gasteiger partial charge in [-0.25, -0.2) is 0 Å². The van der Waals surface area contributed by atoms with Crippen molar-refractivity contribution >= 4 is 6.29 Å². The Hall–Kier alpha value is 0.0797. The van der Waals surface area contributed by atoms with E-state index in [1.807, 2.05) is 18.4 Å².